The van der Waals surface area contributed by atoms with Gasteiger partial charge < -0.3 is 29.2 Å². The van der Waals surface area contributed by atoms with Crippen LogP contribution in [0.2, 0.25) is 0 Å². The van der Waals surface area contributed by atoms with Gasteiger partial charge >= 0.3 is 13.2 Å². The van der Waals surface area contributed by atoms with Crippen LogP contribution in [0.25, 0.3) is 0 Å². The van der Waals surface area contributed by atoms with Gasteiger partial charge in [0.15, 0.2) is 0 Å². The molecule has 2 fully saturated rings. The van der Waals surface area contributed by atoms with Crippen molar-refractivity contribution in [2.75, 3.05) is 25.0 Å². The number of alkyl carbamates (subject to hydrolysis) is 1. The van der Waals surface area contributed by atoms with Gasteiger partial charge in [0.25, 0.3) is 0 Å². The van der Waals surface area contributed by atoms with E-state index in [0.29, 0.717) is 19.0 Å². The number of hydrogen-bond acceptors (Lipinski definition) is 8. The summed E-state index contributed by atoms with van der Waals surface area (Å²) in [7, 11) is 1.41. The molecule has 0 saturated carbocycles. The van der Waals surface area contributed by atoms with Gasteiger partial charge in [-0.05, 0) is 61.8 Å². The summed E-state index contributed by atoms with van der Waals surface area (Å²) in [5, 5.41) is 2.62. The van der Waals surface area contributed by atoms with Crippen LogP contribution in [0, 0.1) is 0 Å². The number of rotatable bonds is 5. The number of anilines is 1. The number of hydrogen-bond donors (Lipinski definition) is 1. The predicted octanol–water partition coefficient (Wildman–Crippen LogP) is 1.73. The summed E-state index contributed by atoms with van der Waals surface area (Å²) in [4.78, 5) is 37.6. The van der Waals surface area contributed by atoms with Crippen LogP contribution >= 0.6 is 0 Å². The van der Waals surface area contributed by atoms with E-state index in [4.69, 9.17) is 14.0 Å². The van der Waals surface area contributed by atoms with Gasteiger partial charge in [0.2, 0.25) is 11.9 Å². The molecule has 0 radical (unpaired) electrons. The summed E-state index contributed by atoms with van der Waals surface area (Å²) >= 11 is 0. The predicted molar refractivity (Wildman–Crippen MR) is 130 cm³/mol. The van der Waals surface area contributed by atoms with Gasteiger partial charge in [0, 0.05) is 38.0 Å². The van der Waals surface area contributed by atoms with Crippen LogP contribution in [0.4, 0.5) is 10.7 Å². The number of aromatic nitrogens is 2. The molecule has 2 amide bonds. The second-order valence-electron chi connectivity index (χ2n) is 11.1. The van der Waals surface area contributed by atoms with Crippen molar-refractivity contribution in [2.45, 2.75) is 90.7 Å². The van der Waals surface area contributed by atoms with Crippen LogP contribution in [0.5, 0.6) is 0 Å². The maximum Gasteiger partial charge on any atom is 0.498 e. The Labute approximate surface area is 202 Å². The van der Waals surface area contributed by atoms with Crippen LogP contribution in [-0.4, -0.2) is 83.0 Å². The minimum absolute atomic E-state index is 0.0698. The molecule has 2 atom stereocenters. The second kappa shape index (κ2) is 9.33. The first kappa shape index (κ1) is 26.2. The number of likely N-dealkylation sites (tertiary alicyclic amines) is 1. The average molecular weight is 475 g/mol. The summed E-state index contributed by atoms with van der Waals surface area (Å²) < 4.78 is 17.4. The molecular weight excluding hydrogens is 437 g/mol. The van der Waals surface area contributed by atoms with Gasteiger partial charge in [0.05, 0.1) is 17.2 Å². The Morgan fingerprint density at radius 3 is 2.29 bits per heavy atom. The Bertz CT molecular complexity index is 886. The van der Waals surface area contributed by atoms with E-state index in [9.17, 15) is 9.59 Å². The van der Waals surface area contributed by atoms with Gasteiger partial charge in [-0.15, -0.1) is 0 Å². The molecule has 11 heteroatoms. The molecular formula is C23H38BN5O5. The molecule has 0 unspecified atom stereocenters. The molecule has 3 heterocycles. The highest BCUT2D eigenvalue weighted by Gasteiger charge is 2.52. The fourth-order valence-electron chi connectivity index (χ4n) is 3.86. The van der Waals surface area contributed by atoms with Crippen molar-refractivity contribution in [1.82, 2.24) is 20.2 Å². The molecule has 34 heavy (non-hydrogen) atoms. The Morgan fingerprint density at radius 1 is 1.21 bits per heavy atom. The van der Waals surface area contributed by atoms with E-state index >= 15 is 0 Å². The Morgan fingerprint density at radius 2 is 1.76 bits per heavy atom. The number of amides is 2. The maximum atomic E-state index is 12.8. The molecule has 2 aliphatic rings. The lowest BCUT2D eigenvalue weighted by atomic mass is 9.81. The van der Waals surface area contributed by atoms with Crippen molar-refractivity contribution >= 4 is 30.5 Å². The molecule has 0 bridgehead atoms. The Balaban J connectivity index is 1.56. The summed E-state index contributed by atoms with van der Waals surface area (Å²) in [5.74, 6) is 0.429. The topological polar surface area (TPSA) is 106 Å². The lowest BCUT2D eigenvalue weighted by molar-refractivity contribution is -0.132. The zero-order valence-corrected chi connectivity index (χ0v) is 21.8. The number of likely N-dealkylation sites (N-methyl/N-ethyl adjacent to an activating group) is 1. The summed E-state index contributed by atoms with van der Waals surface area (Å²) in [6.45, 7) is 16.2. The summed E-state index contributed by atoms with van der Waals surface area (Å²) in [6, 6.07) is -0.602. The SMILES string of the molecule is C[C@H](NC(=O)OC(C)(C)C)C(=O)N1CC[C@@H](N(C)c2ncc(B3OC(C)(C)C(C)(C)O3)cn2)C1. The van der Waals surface area contributed by atoms with Gasteiger partial charge in [-0.2, -0.15) is 0 Å². The van der Waals surface area contributed by atoms with Crippen LogP contribution in [0.15, 0.2) is 12.4 Å². The summed E-state index contributed by atoms with van der Waals surface area (Å²) in [5.41, 5.74) is -0.710. The number of carbonyl (C=O) groups is 2. The first-order valence-corrected chi connectivity index (χ1v) is 11.8. The highest BCUT2D eigenvalue weighted by atomic mass is 16.7. The first-order valence-electron chi connectivity index (χ1n) is 11.8. The highest BCUT2D eigenvalue weighted by molar-refractivity contribution is 6.61. The molecule has 188 valence electrons. The molecule has 0 aromatic carbocycles. The van der Waals surface area contributed by atoms with Crippen LogP contribution in [0.1, 0.15) is 61.8 Å². The highest BCUT2D eigenvalue weighted by Crippen LogP contribution is 2.36. The van der Waals surface area contributed by atoms with Gasteiger partial charge in [-0.3, -0.25) is 4.79 Å². The van der Waals surface area contributed by atoms with Crippen molar-refractivity contribution in [3.05, 3.63) is 12.4 Å². The van der Waals surface area contributed by atoms with E-state index in [2.05, 4.69) is 15.3 Å². The summed E-state index contributed by atoms with van der Waals surface area (Å²) in [6.07, 6.45) is 3.64. The van der Waals surface area contributed by atoms with E-state index in [1.54, 1.807) is 45.0 Å². The van der Waals surface area contributed by atoms with E-state index in [1.165, 1.54) is 0 Å². The van der Waals surface area contributed by atoms with Crippen molar-refractivity contribution in [3.8, 4) is 0 Å². The van der Waals surface area contributed by atoms with Crippen LogP contribution in [-0.2, 0) is 18.8 Å². The molecule has 1 aromatic heterocycles. The van der Waals surface area contributed by atoms with Crippen molar-refractivity contribution in [1.29, 1.82) is 0 Å². The van der Waals surface area contributed by atoms with Crippen LogP contribution in [0.3, 0.4) is 0 Å². The largest absolute Gasteiger partial charge is 0.498 e. The molecule has 0 aliphatic carbocycles. The second-order valence-corrected chi connectivity index (χ2v) is 11.1. The average Bonchev–Trinajstić information content (AvgIpc) is 3.28. The minimum atomic E-state index is -0.672. The van der Waals surface area contributed by atoms with E-state index < -0.39 is 36.1 Å². The quantitative estimate of drug-likeness (QED) is 0.642. The van der Waals surface area contributed by atoms with Crippen molar-refractivity contribution in [2.24, 2.45) is 0 Å². The fourth-order valence-corrected chi connectivity index (χ4v) is 3.86. The molecule has 10 nitrogen and oxygen atoms in total. The van der Waals surface area contributed by atoms with Gasteiger partial charge in [0.1, 0.15) is 11.6 Å². The number of nitrogens with zero attached hydrogens (tertiary/aromatic N) is 4. The normalized spacial score (nSPS) is 22.4. The van der Waals surface area contributed by atoms with Crippen LogP contribution < -0.4 is 15.7 Å². The third-order valence-electron chi connectivity index (χ3n) is 6.63. The molecule has 0 spiro atoms. The molecule has 1 aromatic rings. The van der Waals surface area contributed by atoms with Crippen molar-refractivity contribution < 1.29 is 23.6 Å². The smallest absolute Gasteiger partial charge is 0.444 e. The number of carbonyl (C=O) groups excluding carboxylic acids is 2. The lowest BCUT2D eigenvalue weighted by Gasteiger charge is -2.32. The van der Waals surface area contributed by atoms with E-state index in [-0.39, 0.29) is 11.9 Å². The Kier molecular flexibility index (Phi) is 7.20. The zero-order chi connectivity index (χ0) is 25.5. The third-order valence-corrected chi connectivity index (χ3v) is 6.63. The maximum absolute atomic E-state index is 12.8. The standard InChI is InChI=1S/C23H38BN5O5/c1-15(27-20(31)32-21(2,3)4)18(30)29-11-10-17(14-29)28(9)19-25-12-16(13-26-19)24-33-22(5,6)23(7,8)34-24/h12-13,15,17H,10-11,14H2,1-9H3,(H,27,31)/t15-,17+/m0/s1. The van der Waals surface area contributed by atoms with Gasteiger partial charge in [-0.25, -0.2) is 14.8 Å². The first-order chi connectivity index (χ1) is 15.6. The fraction of sp³-hybridized carbons (Fsp3) is 0.739. The molecule has 3 rings (SSSR count). The number of ether oxygens (including phenoxy) is 1. The van der Waals surface area contributed by atoms with E-state index in [1.807, 2.05) is 39.6 Å². The minimum Gasteiger partial charge on any atom is -0.444 e. The van der Waals surface area contributed by atoms with Gasteiger partial charge in [-0.1, -0.05) is 0 Å². The molecule has 2 saturated heterocycles. The molecule has 1 N–H and O–H groups in total. The lowest BCUT2D eigenvalue weighted by Crippen LogP contribution is -2.48. The van der Waals surface area contributed by atoms with Crippen molar-refractivity contribution in [3.63, 3.8) is 0 Å². The zero-order valence-electron chi connectivity index (χ0n) is 21.8. The Hall–Kier alpha value is -2.40. The monoisotopic (exact) mass is 475 g/mol. The van der Waals surface area contributed by atoms with E-state index in [0.717, 1.165) is 11.9 Å². The molecule has 2 aliphatic heterocycles. The third kappa shape index (κ3) is 5.80. The number of nitrogens with one attached hydrogen (secondary N) is 1.